The van der Waals surface area contributed by atoms with Crippen LogP contribution in [-0.2, 0) is 38.5 Å². The Morgan fingerprint density at radius 2 is 0.951 bits per heavy atom. The molecule has 0 bridgehead atoms. The Morgan fingerprint density at radius 3 is 1.49 bits per heavy atom. The number of benzene rings is 3. The van der Waals surface area contributed by atoms with Gasteiger partial charge in [-0.25, -0.2) is 0 Å². The number of rotatable bonds is 14. The van der Waals surface area contributed by atoms with Gasteiger partial charge in [0.2, 0.25) is 0 Å². The van der Waals surface area contributed by atoms with Gasteiger partial charge in [-0.15, -0.1) is 0 Å². The topological polar surface area (TPSA) is 46.0 Å². The second-order valence-corrected chi connectivity index (χ2v) is 10.9. The Labute approximate surface area is 245 Å². The molecule has 2 heterocycles. The number of unbranched alkanes of at least 4 members (excludes halogenated alkanes) is 1. The number of hydrogen-bond acceptors (Lipinski definition) is 3. The summed E-state index contributed by atoms with van der Waals surface area (Å²) in [6.07, 6.45) is 13.6. The second-order valence-electron chi connectivity index (χ2n) is 10.9. The van der Waals surface area contributed by atoms with E-state index in [1.54, 1.807) is 0 Å². The summed E-state index contributed by atoms with van der Waals surface area (Å²) < 4.78 is 0. The highest BCUT2D eigenvalue weighted by molar-refractivity contribution is 5.63. The van der Waals surface area contributed by atoms with Gasteiger partial charge in [-0.3, -0.25) is 9.97 Å². The maximum absolute atomic E-state index is 11.2. The second kappa shape index (κ2) is 14.9. The van der Waals surface area contributed by atoms with Crippen molar-refractivity contribution < 1.29 is 5.11 Å². The Balaban J connectivity index is 1.19. The van der Waals surface area contributed by atoms with E-state index in [1.165, 1.54) is 22.3 Å². The Hall–Kier alpha value is -4.24. The first-order chi connectivity index (χ1) is 20.2. The molecule has 5 aromatic rings. The Morgan fingerprint density at radius 1 is 0.439 bits per heavy atom. The maximum atomic E-state index is 11.2. The molecule has 0 unspecified atom stereocenters. The first kappa shape index (κ1) is 28.3. The number of hydrogen-bond donors (Lipinski definition) is 1. The van der Waals surface area contributed by atoms with Crippen LogP contribution in [0.4, 0.5) is 0 Å². The molecule has 0 amide bonds. The van der Waals surface area contributed by atoms with Crippen LogP contribution in [0.1, 0.15) is 59.3 Å². The molecule has 1 N–H and O–H groups in total. The van der Waals surface area contributed by atoms with Crippen LogP contribution >= 0.6 is 0 Å². The van der Waals surface area contributed by atoms with Crippen LogP contribution in [0.15, 0.2) is 116 Å². The van der Waals surface area contributed by atoms with E-state index in [9.17, 15) is 5.11 Å². The Kier molecular flexibility index (Phi) is 10.3. The van der Waals surface area contributed by atoms with Crippen LogP contribution in [0.2, 0.25) is 0 Å². The molecule has 0 aliphatic carbocycles. The minimum absolute atomic E-state index is 0.481. The van der Waals surface area contributed by atoms with E-state index >= 15 is 0 Å². The van der Waals surface area contributed by atoms with Crippen LogP contribution in [0, 0.1) is 0 Å². The van der Waals surface area contributed by atoms with Crippen molar-refractivity contribution in [1.29, 1.82) is 0 Å². The van der Waals surface area contributed by atoms with Gasteiger partial charge in [-0.05, 0) is 122 Å². The zero-order chi connectivity index (χ0) is 28.1. The van der Waals surface area contributed by atoms with Crippen molar-refractivity contribution in [3.8, 4) is 16.9 Å². The minimum atomic E-state index is 0.481. The Bertz CT molecular complexity index is 1400. The summed E-state index contributed by atoms with van der Waals surface area (Å²) in [5.74, 6) is 0.481. The standard InChI is InChI=1S/C38H40N2O/c41-38-34(16-10-20-36-18-6-8-26-39-36)28-31(29-35(38)17-11-21-37-19-7-9-27-40-37)13-5-4-12-30-22-24-33(25-23-30)32-14-2-1-3-15-32/h1-3,6-9,14-15,18-19,22-29,41H,4-5,10-13,16-17,20-21H2. The minimum Gasteiger partial charge on any atom is -0.507 e. The SMILES string of the molecule is Oc1c(CCCc2ccccn2)cc(CCCCc2ccc(-c3ccccc3)cc2)cc1CCCc1ccccn1. The van der Waals surface area contributed by atoms with Gasteiger partial charge in [-0.1, -0.05) is 78.9 Å². The molecule has 5 rings (SSSR count). The molecule has 0 aliphatic rings. The van der Waals surface area contributed by atoms with E-state index in [1.807, 2.05) is 36.7 Å². The molecule has 0 saturated heterocycles. The quantitative estimate of drug-likeness (QED) is 0.143. The summed E-state index contributed by atoms with van der Waals surface area (Å²) in [4.78, 5) is 8.93. The molecule has 41 heavy (non-hydrogen) atoms. The van der Waals surface area contributed by atoms with Crippen molar-refractivity contribution in [2.75, 3.05) is 0 Å². The molecule has 208 valence electrons. The van der Waals surface area contributed by atoms with Gasteiger partial charge in [0.25, 0.3) is 0 Å². The summed E-state index contributed by atoms with van der Waals surface area (Å²) in [5.41, 5.74) is 9.61. The molecule has 0 aliphatic heterocycles. The summed E-state index contributed by atoms with van der Waals surface area (Å²) in [6.45, 7) is 0. The molecular formula is C38H40N2O. The van der Waals surface area contributed by atoms with Crippen LogP contribution in [0.5, 0.6) is 5.75 Å². The lowest BCUT2D eigenvalue weighted by molar-refractivity contribution is 0.458. The third kappa shape index (κ3) is 8.62. The maximum Gasteiger partial charge on any atom is 0.121 e. The van der Waals surface area contributed by atoms with Crippen LogP contribution in [0.25, 0.3) is 11.1 Å². The number of phenolic OH excluding ortho intramolecular Hbond substituents is 1. The number of aromatic nitrogens is 2. The first-order valence-corrected chi connectivity index (χ1v) is 15.0. The first-order valence-electron chi connectivity index (χ1n) is 15.0. The molecule has 0 spiro atoms. The third-order valence-electron chi connectivity index (χ3n) is 7.78. The summed E-state index contributed by atoms with van der Waals surface area (Å²) >= 11 is 0. The van der Waals surface area contributed by atoms with Crippen LogP contribution < -0.4 is 0 Å². The van der Waals surface area contributed by atoms with E-state index in [2.05, 4.69) is 88.8 Å². The number of aryl methyl sites for hydroxylation is 6. The molecule has 0 atom stereocenters. The predicted molar refractivity (Wildman–Crippen MR) is 169 cm³/mol. The van der Waals surface area contributed by atoms with Crippen molar-refractivity contribution >= 4 is 0 Å². The lowest BCUT2D eigenvalue weighted by Crippen LogP contribution is -2.00. The van der Waals surface area contributed by atoms with Gasteiger partial charge in [-0.2, -0.15) is 0 Å². The van der Waals surface area contributed by atoms with Crippen molar-refractivity contribution in [2.24, 2.45) is 0 Å². The van der Waals surface area contributed by atoms with Crippen molar-refractivity contribution in [3.05, 3.63) is 149 Å². The monoisotopic (exact) mass is 540 g/mol. The molecule has 0 saturated carbocycles. The smallest absolute Gasteiger partial charge is 0.121 e. The largest absolute Gasteiger partial charge is 0.507 e. The molecule has 0 fully saturated rings. The van der Waals surface area contributed by atoms with E-state index in [-0.39, 0.29) is 0 Å². The molecule has 3 aromatic carbocycles. The van der Waals surface area contributed by atoms with Gasteiger partial charge < -0.3 is 5.11 Å². The predicted octanol–water partition coefficient (Wildman–Crippen LogP) is 8.77. The fourth-order valence-corrected chi connectivity index (χ4v) is 5.52. The zero-order valence-corrected chi connectivity index (χ0v) is 23.9. The summed E-state index contributed by atoms with van der Waals surface area (Å²) in [7, 11) is 0. The fourth-order valence-electron chi connectivity index (χ4n) is 5.52. The van der Waals surface area contributed by atoms with E-state index in [0.717, 1.165) is 86.7 Å². The average Bonchev–Trinajstić information content (AvgIpc) is 3.03. The molecule has 3 heteroatoms. The van der Waals surface area contributed by atoms with E-state index < -0.39 is 0 Å². The van der Waals surface area contributed by atoms with E-state index in [0.29, 0.717) is 5.75 Å². The molecule has 0 radical (unpaired) electrons. The van der Waals surface area contributed by atoms with Crippen LogP contribution in [0.3, 0.4) is 0 Å². The van der Waals surface area contributed by atoms with Gasteiger partial charge in [0, 0.05) is 23.8 Å². The lowest BCUT2D eigenvalue weighted by Gasteiger charge is -2.14. The molecular weight excluding hydrogens is 500 g/mol. The molecule has 2 aromatic heterocycles. The highest BCUT2D eigenvalue weighted by atomic mass is 16.3. The van der Waals surface area contributed by atoms with Crippen LogP contribution in [-0.4, -0.2) is 15.1 Å². The summed E-state index contributed by atoms with van der Waals surface area (Å²) in [6, 6.07) is 36.2. The highest BCUT2D eigenvalue weighted by Gasteiger charge is 2.11. The lowest BCUT2D eigenvalue weighted by atomic mass is 9.94. The van der Waals surface area contributed by atoms with Gasteiger partial charge in [0.05, 0.1) is 0 Å². The van der Waals surface area contributed by atoms with E-state index in [4.69, 9.17) is 0 Å². The average molecular weight is 541 g/mol. The molecule has 3 nitrogen and oxygen atoms in total. The number of nitrogens with zero attached hydrogens (tertiary/aromatic N) is 2. The van der Waals surface area contributed by atoms with Crippen molar-refractivity contribution in [2.45, 2.75) is 64.2 Å². The van der Waals surface area contributed by atoms with Crippen molar-refractivity contribution in [1.82, 2.24) is 9.97 Å². The van der Waals surface area contributed by atoms with Gasteiger partial charge in [0.15, 0.2) is 0 Å². The van der Waals surface area contributed by atoms with Gasteiger partial charge in [0.1, 0.15) is 5.75 Å². The van der Waals surface area contributed by atoms with Crippen molar-refractivity contribution in [3.63, 3.8) is 0 Å². The normalized spacial score (nSPS) is 11.0. The number of pyridine rings is 2. The number of phenols is 1. The fraction of sp³-hybridized carbons (Fsp3) is 0.263. The highest BCUT2D eigenvalue weighted by Crippen LogP contribution is 2.29. The zero-order valence-electron chi connectivity index (χ0n) is 23.9. The third-order valence-corrected chi connectivity index (χ3v) is 7.78. The number of aromatic hydroxyl groups is 1. The van der Waals surface area contributed by atoms with Gasteiger partial charge >= 0.3 is 0 Å². The summed E-state index contributed by atoms with van der Waals surface area (Å²) in [5, 5.41) is 11.2.